The summed E-state index contributed by atoms with van der Waals surface area (Å²) in [7, 11) is 1.39. The molecule has 1 N–H and O–H groups in total. The molecule has 1 heterocycles. The maximum Gasteiger partial charge on any atom is 0.335 e. The number of hydrogen-bond donors (Lipinski definition) is 1. The fourth-order valence-electron chi connectivity index (χ4n) is 2.61. The molecule has 1 aliphatic rings. The van der Waals surface area contributed by atoms with E-state index < -0.39 is 28.7 Å². The number of benzene rings is 2. The Morgan fingerprint density at radius 2 is 1.93 bits per heavy atom. The van der Waals surface area contributed by atoms with Crippen molar-refractivity contribution in [2.45, 2.75) is 0 Å². The number of methoxy groups -OCH3 is 1. The SMILES string of the molecule is COc1ccccc1N1C(=O)NC(=O)[C@H](C=Nc2cccc([N+](=O)[O-])c2)C1=O. The highest BCUT2D eigenvalue weighted by molar-refractivity contribution is 6.33. The van der Waals surface area contributed by atoms with Crippen LogP contribution < -0.4 is 15.0 Å². The number of non-ortho nitro benzene ring substituents is 1. The van der Waals surface area contributed by atoms with Gasteiger partial charge in [0.15, 0.2) is 5.92 Å². The smallest absolute Gasteiger partial charge is 0.335 e. The first-order chi connectivity index (χ1) is 13.4. The van der Waals surface area contributed by atoms with Crippen LogP contribution in [-0.2, 0) is 9.59 Å². The number of carbonyl (C=O) groups excluding carboxylic acids is 3. The number of nitrogens with one attached hydrogen (secondary N) is 1. The first kappa shape index (κ1) is 18.7. The van der Waals surface area contributed by atoms with Crippen LogP contribution in [0, 0.1) is 16.0 Å². The minimum Gasteiger partial charge on any atom is -0.495 e. The van der Waals surface area contributed by atoms with Crippen molar-refractivity contribution in [3.63, 3.8) is 0 Å². The zero-order valence-electron chi connectivity index (χ0n) is 14.6. The van der Waals surface area contributed by atoms with E-state index in [1.165, 1.54) is 37.4 Å². The number of para-hydroxylation sites is 2. The highest BCUT2D eigenvalue weighted by Crippen LogP contribution is 2.30. The predicted molar refractivity (Wildman–Crippen MR) is 98.8 cm³/mol. The first-order valence-corrected chi connectivity index (χ1v) is 8.03. The number of barbiturate groups is 1. The number of ether oxygens (including phenoxy) is 1. The van der Waals surface area contributed by atoms with Crippen molar-refractivity contribution in [1.82, 2.24) is 5.32 Å². The largest absolute Gasteiger partial charge is 0.495 e. The second-order valence-corrected chi connectivity index (χ2v) is 5.67. The molecule has 1 aliphatic heterocycles. The maximum atomic E-state index is 12.8. The molecule has 0 unspecified atom stereocenters. The lowest BCUT2D eigenvalue weighted by Gasteiger charge is -2.29. The van der Waals surface area contributed by atoms with Gasteiger partial charge in [0.25, 0.3) is 11.6 Å². The van der Waals surface area contributed by atoms with Gasteiger partial charge < -0.3 is 4.74 Å². The van der Waals surface area contributed by atoms with Gasteiger partial charge in [0.1, 0.15) is 5.75 Å². The van der Waals surface area contributed by atoms with Gasteiger partial charge in [-0.1, -0.05) is 18.2 Å². The van der Waals surface area contributed by atoms with Crippen LogP contribution in [0.15, 0.2) is 53.5 Å². The summed E-state index contributed by atoms with van der Waals surface area (Å²) in [5.41, 5.74) is 0.184. The van der Waals surface area contributed by atoms with Crippen molar-refractivity contribution in [2.75, 3.05) is 12.0 Å². The molecule has 1 atom stereocenters. The van der Waals surface area contributed by atoms with Crippen LogP contribution in [0.3, 0.4) is 0 Å². The van der Waals surface area contributed by atoms with E-state index in [1.54, 1.807) is 18.2 Å². The van der Waals surface area contributed by atoms with E-state index in [0.29, 0.717) is 0 Å². The van der Waals surface area contributed by atoms with Gasteiger partial charge in [0, 0.05) is 18.3 Å². The van der Waals surface area contributed by atoms with Crippen molar-refractivity contribution in [3.8, 4) is 5.75 Å². The van der Waals surface area contributed by atoms with E-state index in [2.05, 4.69) is 10.3 Å². The number of imide groups is 2. The zero-order chi connectivity index (χ0) is 20.3. The highest BCUT2D eigenvalue weighted by Gasteiger charge is 2.41. The summed E-state index contributed by atoms with van der Waals surface area (Å²) in [6.45, 7) is 0. The van der Waals surface area contributed by atoms with Crippen molar-refractivity contribution < 1.29 is 24.0 Å². The molecule has 0 aliphatic carbocycles. The molecule has 0 saturated carbocycles. The molecule has 10 heteroatoms. The summed E-state index contributed by atoms with van der Waals surface area (Å²) in [6.07, 6.45) is 1.05. The van der Waals surface area contributed by atoms with Gasteiger partial charge in [0.2, 0.25) is 5.91 Å². The molecular formula is C18H14N4O6. The second-order valence-electron chi connectivity index (χ2n) is 5.67. The molecule has 2 aromatic carbocycles. The third kappa shape index (κ3) is 3.56. The van der Waals surface area contributed by atoms with Crippen LogP contribution in [-0.4, -0.2) is 36.1 Å². The number of aliphatic imine (C=N–C) groups is 1. The van der Waals surface area contributed by atoms with E-state index in [-0.39, 0.29) is 22.8 Å². The van der Waals surface area contributed by atoms with Gasteiger partial charge in [-0.05, 0) is 18.2 Å². The molecule has 0 radical (unpaired) electrons. The molecule has 0 spiro atoms. The van der Waals surface area contributed by atoms with E-state index in [1.807, 2.05) is 0 Å². The number of rotatable bonds is 5. The van der Waals surface area contributed by atoms with Crippen molar-refractivity contribution in [1.29, 1.82) is 0 Å². The molecule has 2 aromatic rings. The lowest BCUT2D eigenvalue weighted by Crippen LogP contribution is -2.58. The summed E-state index contributed by atoms with van der Waals surface area (Å²) in [5, 5.41) is 12.9. The van der Waals surface area contributed by atoms with E-state index in [0.717, 1.165) is 11.1 Å². The maximum absolute atomic E-state index is 12.8. The molecule has 0 aromatic heterocycles. The zero-order valence-corrected chi connectivity index (χ0v) is 14.6. The summed E-state index contributed by atoms with van der Waals surface area (Å²) in [6, 6.07) is 10.8. The number of anilines is 1. The van der Waals surface area contributed by atoms with Gasteiger partial charge in [-0.15, -0.1) is 0 Å². The van der Waals surface area contributed by atoms with Gasteiger partial charge >= 0.3 is 6.03 Å². The monoisotopic (exact) mass is 382 g/mol. The van der Waals surface area contributed by atoms with Crippen LogP contribution in [0.1, 0.15) is 0 Å². The van der Waals surface area contributed by atoms with Crippen LogP contribution >= 0.6 is 0 Å². The topological polar surface area (TPSA) is 131 Å². The van der Waals surface area contributed by atoms with Crippen molar-refractivity contribution in [2.24, 2.45) is 10.9 Å². The average Bonchev–Trinajstić information content (AvgIpc) is 2.68. The number of urea groups is 1. The van der Waals surface area contributed by atoms with E-state index in [4.69, 9.17) is 4.74 Å². The van der Waals surface area contributed by atoms with Gasteiger partial charge in [-0.2, -0.15) is 0 Å². The van der Waals surface area contributed by atoms with E-state index >= 15 is 0 Å². The Kier molecular flexibility index (Phi) is 5.12. The number of nitro benzene ring substituents is 1. The fraction of sp³-hybridized carbons (Fsp3) is 0.111. The predicted octanol–water partition coefficient (Wildman–Crippen LogP) is 2.20. The third-order valence-corrected chi connectivity index (χ3v) is 3.94. The molecule has 28 heavy (non-hydrogen) atoms. The lowest BCUT2D eigenvalue weighted by atomic mass is 10.1. The van der Waals surface area contributed by atoms with Gasteiger partial charge in [0.05, 0.1) is 23.4 Å². The Hall–Kier alpha value is -4.08. The van der Waals surface area contributed by atoms with Gasteiger partial charge in [-0.25, -0.2) is 9.69 Å². The Bertz CT molecular complexity index is 1000. The average molecular weight is 382 g/mol. The molecule has 10 nitrogen and oxygen atoms in total. The normalized spacial score (nSPS) is 17.0. The van der Waals surface area contributed by atoms with Gasteiger partial charge in [-0.3, -0.25) is 30.0 Å². The number of nitrogens with zero attached hydrogens (tertiary/aromatic N) is 3. The Labute approximate surface area is 158 Å². The molecule has 142 valence electrons. The lowest BCUT2D eigenvalue weighted by molar-refractivity contribution is -0.384. The standard InChI is InChI=1S/C18H14N4O6/c1-28-15-8-3-2-7-14(15)21-17(24)13(16(23)20-18(21)25)10-19-11-5-4-6-12(9-11)22(26)27/h2-10,13H,1H3,(H,20,23,25)/t13-/m0/s1. The molecule has 0 bridgehead atoms. The quantitative estimate of drug-likeness (QED) is 0.365. The van der Waals surface area contributed by atoms with Crippen LogP contribution in [0.2, 0.25) is 0 Å². The van der Waals surface area contributed by atoms with Crippen molar-refractivity contribution in [3.05, 3.63) is 58.6 Å². The van der Waals surface area contributed by atoms with Crippen LogP contribution in [0.4, 0.5) is 21.9 Å². The number of amides is 4. The van der Waals surface area contributed by atoms with Crippen LogP contribution in [0.25, 0.3) is 0 Å². The molecule has 1 saturated heterocycles. The minimum absolute atomic E-state index is 0.175. The van der Waals surface area contributed by atoms with Crippen LogP contribution in [0.5, 0.6) is 5.75 Å². The Morgan fingerprint density at radius 3 is 2.64 bits per heavy atom. The highest BCUT2D eigenvalue weighted by atomic mass is 16.6. The number of nitro groups is 1. The van der Waals surface area contributed by atoms with Crippen molar-refractivity contribution >= 4 is 41.1 Å². The summed E-state index contributed by atoms with van der Waals surface area (Å²) >= 11 is 0. The second kappa shape index (κ2) is 7.66. The Morgan fingerprint density at radius 1 is 1.18 bits per heavy atom. The summed E-state index contributed by atoms with van der Waals surface area (Å²) < 4.78 is 5.17. The minimum atomic E-state index is -1.39. The van der Waals surface area contributed by atoms with E-state index in [9.17, 15) is 24.5 Å². The summed E-state index contributed by atoms with van der Waals surface area (Å²) in [5.74, 6) is -2.76. The third-order valence-electron chi connectivity index (χ3n) is 3.94. The molecular weight excluding hydrogens is 368 g/mol. The fourth-order valence-corrected chi connectivity index (χ4v) is 2.61. The first-order valence-electron chi connectivity index (χ1n) is 8.03. The Balaban J connectivity index is 1.92. The molecule has 1 fully saturated rings. The summed E-state index contributed by atoms with van der Waals surface area (Å²) in [4.78, 5) is 52.2. The molecule has 4 amide bonds. The number of carbonyl (C=O) groups is 3. The molecule has 3 rings (SSSR count). The number of hydrogen-bond acceptors (Lipinski definition) is 7.